The van der Waals surface area contributed by atoms with Gasteiger partial charge in [0.1, 0.15) is 0 Å². The summed E-state index contributed by atoms with van der Waals surface area (Å²) in [6.07, 6.45) is 4.32. The topological polar surface area (TPSA) is 31.4 Å². The number of hydrogen-bond donors (Lipinski definition) is 0. The van der Waals surface area contributed by atoms with E-state index in [4.69, 9.17) is 21.1 Å². The summed E-state index contributed by atoms with van der Waals surface area (Å²) in [5.41, 5.74) is 2.21. The molecular weight excluding hydrogens is 250 g/mol. The molecule has 0 aliphatic carbocycles. The van der Waals surface area contributed by atoms with Crippen molar-refractivity contribution in [3.63, 3.8) is 0 Å². The molecule has 1 aromatic heterocycles. The molecule has 0 radical (unpaired) electrons. The van der Waals surface area contributed by atoms with Gasteiger partial charge in [-0.05, 0) is 41.8 Å². The number of hydrogen-bond acceptors (Lipinski definition) is 3. The smallest absolute Gasteiger partial charge is 0.231 e. The maximum atomic E-state index is 6.43. The normalized spacial score (nSPS) is 14.5. The van der Waals surface area contributed by atoms with Crippen LogP contribution in [0.25, 0.3) is 0 Å². The van der Waals surface area contributed by atoms with Crippen molar-refractivity contribution in [1.29, 1.82) is 0 Å². The van der Waals surface area contributed by atoms with Gasteiger partial charge in [0.2, 0.25) is 6.79 Å². The number of rotatable bonds is 3. The van der Waals surface area contributed by atoms with Gasteiger partial charge in [-0.15, -0.1) is 11.6 Å². The van der Waals surface area contributed by atoms with Crippen LogP contribution in [0.3, 0.4) is 0 Å². The van der Waals surface area contributed by atoms with E-state index in [0.717, 1.165) is 23.5 Å². The molecule has 1 aromatic carbocycles. The Balaban J connectivity index is 1.78. The molecule has 1 aliphatic heterocycles. The number of alkyl halides is 1. The molecule has 0 amide bonds. The van der Waals surface area contributed by atoms with Crippen LogP contribution in [0.4, 0.5) is 0 Å². The van der Waals surface area contributed by atoms with Crippen LogP contribution in [-0.2, 0) is 6.42 Å². The summed E-state index contributed by atoms with van der Waals surface area (Å²) < 4.78 is 10.6. The maximum Gasteiger partial charge on any atom is 0.231 e. The lowest BCUT2D eigenvalue weighted by molar-refractivity contribution is 0.174. The summed E-state index contributed by atoms with van der Waals surface area (Å²) in [5, 5.41) is -0.0816. The predicted octanol–water partition coefficient (Wildman–Crippen LogP) is 3.33. The first-order valence-electron chi connectivity index (χ1n) is 5.75. The Kier molecular flexibility index (Phi) is 3.07. The standard InChI is InChI=1S/C14H12ClNO2/c15-12(7-10-3-5-16-6-4-10)11-1-2-13-14(8-11)18-9-17-13/h1-6,8,12H,7,9H2. The third-order valence-corrected chi connectivity index (χ3v) is 3.33. The second-order valence-corrected chi connectivity index (χ2v) is 4.67. The molecule has 3 rings (SSSR count). The van der Waals surface area contributed by atoms with Crippen molar-refractivity contribution in [3.05, 3.63) is 53.9 Å². The third-order valence-electron chi connectivity index (χ3n) is 2.92. The summed E-state index contributed by atoms with van der Waals surface area (Å²) in [6, 6.07) is 9.78. The highest BCUT2D eigenvalue weighted by Crippen LogP contribution is 2.36. The highest BCUT2D eigenvalue weighted by atomic mass is 35.5. The van der Waals surface area contributed by atoms with Crippen molar-refractivity contribution in [1.82, 2.24) is 4.98 Å². The highest BCUT2D eigenvalue weighted by Gasteiger charge is 2.16. The summed E-state index contributed by atoms with van der Waals surface area (Å²) >= 11 is 6.43. The van der Waals surface area contributed by atoms with Crippen LogP contribution in [0.15, 0.2) is 42.7 Å². The SMILES string of the molecule is ClC(Cc1ccncc1)c1ccc2c(c1)OCO2. The van der Waals surface area contributed by atoms with Crippen LogP contribution in [0.5, 0.6) is 11.5 Å². The molecule has 0 spiro atoms. The van der Waals surface area contributed by atoms with Gasteiger partial charge in [0.15, 0.2) is 11.5 Å². The molecule has 0 N–H and O–H groups in total. The summed E-state index contributed by atoms with van der Waals surface area (Å²) in [4.78, 5) is 3.99. The van der Waals surface area contributed by atoms with Crippen molar-refractivity contribution in [3.8, 4) is 11.5 Å². The lowest BCUT2D eigenvalue weighted by Crippen LogP contribution is -1.96. The molecule has 18 heavy (non-hydrogen) atoms. The molecule has 1 atom stereocenters. The van der Waals surface area contributed by atoms with Gasteiger partial charge in [-0.1, -0.05) is 6.07 Å². The van der Waals surface area contributed by atoms with Crippen LogP contribution < -0.4 is 9.47 Å². The number of halogens is 1. The fourth-order valence-electron chi connectivity index (χ4n) is 1.95. The van der Waals surface area contributed by atoms with Gasteiger partial charge in [0.25, 0.3) is 0 Å². The van der Waals surface area contributed by atoms with Gasteiger partial charge >= 0.3 is 0 Å². The first-order valence-corrected chi connectivity index (χ1v) is 6.19. The third kappa shape index (κ3) is 2.27. The van der Waals surface area contributed by atoms with Crippen LogP contribution in [0.2, 0.25) is 0 Å². The van der Waals surface area contributed by atoms with E-state index in [1.54, 1.807) is 12.4 Å². The average molecular weight is 262 g/mol. The minimum absolute atomic E-state index is 0.0816. The Morgan fingerprint density at radius 3 is 2.72 bits per heavy atom. The van der Waals surface area contributed by atoms with E-state index in [0.29, 0.717) is 0 Å². The lowest BCUT2D eigenvalue weighted by Gasteiger charge is -2.10. The maximum absolute atomic E-state index is 6.43. The number of benzene rings is 1. The van der Waals surface area contributed by atoms with E-state index in [9.17, 15) is 0 Å². The summed E-state index contributed by atoms with van der Waals surface area (Å²) in [6.45, 7) is 0.288. The fraction of sp³-hybridized carbons (Fsp3) is 0.214. The lowest BCUT2D eigenvalue weighted by atomic mass is 10.0. The fourth-order valence-corrected chi connectivity index (χ4v) is 2.27. The molecule has 0 fully saturated rings. The van der Waals surface area contributed by atoms with Crippen LogP contribution in [0, 0.1) is 0 Å². The molecule has 92 valence electrons. The zero-order chi connectivity index (χ0) is 12.4. The Labute approximate surface area is 110 Å². The van der Waals surface area contributed by atoms with Crippen molar-refractivity contribution in [2.45, 2.75) is 11.8 Å². The molecule has 4 heteroatoms. The van der Waals surface area contributed by atoms with E-state index < -0.39 is 0 Å². The van der Waals surface area contributed by atoms with Gasteiger partial charge in [0.05, 0.1) is 5.38 Å². The number of aromatic nitrogens is 1. The minimum atomic E-state index is -0.0816. The Morgan fingerprint density at radius 1 is 1.11 bits per heavy atom. The first-order chi connectivity index (χ1) is 8.83. The van der Waals surface area contributed by atoms with E-state index in [2.05, 4.69) is 4.98 Å². The Hall–Kier alpha value is -1.74. The Morgan fingerprint density at radius 2 is 1.89 bits per heavy atom. The van der Waals surface area contributed by atoms with E-state index in [1.165, 1.54) is 5.56 Å². The van der Waals surface area contributed by atoms with Gasteiger partial charge in [0, 0.05) is 12.4 Å². The van der Waals surface area contributed by atoms with Crippen LogP contribution in [-0.4, -0.2) is 11.8 Å². The average Bonchev–Trinajstić information content (AvgIpc) is 2.87. The van der Waals surface area contributed by atoms with Crippen molar-refractivity contribution >= 4 is 11.6 Å². The number of pyridine rings is 1. The quantitative estimate of drug-likeness (QED) is 0.794. The van der Waals surface area contributed by atoms with E-state index in [1.807, 2.05) is 30.3 Å². The highest BCUT2D eigenvalue weighted by molar-refractivity contribution is 6.21. The number of fused-ring (bicyclic) bond motifs is 1. The van der Waals surface area contributed by atoms with Gasteiger partial charge in [-0.2, -0.15) is 0 Å². The zero-order valence-corrected chi connectivity index (χ0v) is 10.4. The van der Waals surface area contributed by atoms with Crippen LogP contribution in [0.1, 0.15) is 16.5 Å². The molecule has 2 aromatic rings. The molecule has 1 unspecified atom stereocenters. The zero-order valence-electron chi connectivity index (χ0n) is 9.67. The Bertz CT molecular complexity index is 545. The van der Waals surface area contributed by atoms with Gasteiger partial charge in [-0.3, -0.25) is 4.98 Å². The van der Waals surface area contributed by atoms with Crippen molar-refractivity contribution in [2.75, 3.05) is 6.79 Å². The number of ether oxygens (including phenoxy) is 2. The minimum Gasteiger partial charge on any atom is -0.454 e. The summed E-state index contributed by atoms with van der Waals surface area (Å²) in [5.74, 6) is 1.56. The molecular formula is C14H12ClNO2. The number of nitrogens with zero attached hydrogens (tertiary/aromatic N) is 1. The molecule has 3 nitrogen and oxygen atoms in total. The van der Waals surface area contributed by atoms with E-state index in [-0.39, 0.29) is 12.2 Å². The van der Waals surface area contributed by atoms with Gasteiger partial charge in [-0.25, -0.2) is 0 Å². The first kappa shape index (κ1) is 11.4. The molecule has 0 saturated carbocycles. The summed E-state index contributed by atoms with van der Waals surface area (Å²) in [7, 11) is 0. The van der Waals surface area contributed by atoms with Crippen molar-refractivity contribution in [2.24, 2.45) is 0 Å². The second-order valence-electron chi connectivity index (χ2n) is 4.14. The monoisotopic (exact) mass is 261 g/mol. The molecule has 0 bridgehead atoms. The second kappa shape index (κ2) is 4.86. The molecule has 1 aliphatic rings. The van der Waals surface area contributed by atoms with Gasteiger partial charge < -0.3 is 9.47 Å². The van der Waals surface area contributed by atoms with E-state index >= 15 is 0 Å². The largest absolute Gasteiger partial charge is 0.454 e. The van der Waals surface area contributed by atoms with Crippen molar-refractivity contribution < 1.29 is 9.47 Å². The van der Waals surface area contributed by atoms with Crippen LogP contribution >= 0.6 is 11.6 Å². The predicted molar refractivity (Wildman–Crippen MR) is 69.1 cm³/mol. The molecule has 2 heterocycles. The molecule has 0 saturated heterocycles.